The highest BCUT2D eigenvalue weighted by Gasteiger charge is 2.25. The van der Waals surface area contributed by atoms with Crippen molar-refractivity contribution in [3.8, 4) is 11.6 Å². The lowest BCUT2D eigenvalue weighted by atomic mass is 9.96. The summed E-state index contributed by atoms with van der Waals surface area (Å²) in [4.78, 5) is 15.1. The van der Waals surface area contributed by atoms with Gasteiger partial charge < -0.3 is 4.52 Å². The number of piperidine rings is 1. The number of rotatable bonds is 4. The van der Waals surface area contributed by atoms with Crippen molar-refractivity contribution < 1.29 is 13.3 Å². The van der Waals surface area contributed by atoms with Gasteiger partial charge in [-0.15, -0.1) is 0 Å². The van der Waals surface area contributed by atoms with Gasteiger partial charge in [-0.05, 0) is 50.6 Å². The zero-order chi connectivity index (χ0) is 18.8. The molecule has 0 unspecified atom stereocenters. The van der Waals surface area contributed by atoms with Gasteiger partial charge in [-0.25, -0.2) is 13.8 Å². The largest absolute Gasteiger partial charge is 0.332 e. The third-order valence-electron chi connectivity index (χ3n) is 4.78. The molecule has 0 atom stereocenters. The van der Waals surface area contributed by atoms with Crippen LogP contribution in [-0.4, -0.2) is 38.1 Å². The molecule has 0 N–H and O–H groups in total. The second-order valence-corrected chi connectivity index (χ2v) is 6.80. The molecule has 4 rings (SSSR count). The molecule has 27 heavy (non-hydrogen) atoms. The Kier molecular flexibility index (Phi) is 4.89. The molecule has 3 heterocycles. The van der Waals surface area contributed by atoms with Gasteiger partial charge in [0, 0.05) is 18.7 Å². The Balaban J connectivity index is 1.36. The second-order valence-electron chi connectivity index (χ2n) is 6.80. The second kappa shape index (κ2) is 7.48. The van der Waals surface area contributed by atoms with E-state index < -0.39 is 11.6 Å². The summed E-state index contributed by atoms with van der Waals surface area (Å²) in [6, 6.07) is 4.06. The van der Waals surface area contributed by atoms with Crippen LogP contribution in [0, 0.1) is 18.6 Å². The van der Waals surface area contributed by atoms with E-state index in [-0.39, 0.29) is 5.92 Å². The topological polar surface area (TPSA) is 67.9 Å². The molecule has 140 valence electrons. The van der Waals surface area contributed by atoms with Crippen LogP contribution < -0.4 is 0 Å². The van der Waals surface area contributed by atoms with Gasteiger partial charge in [0.2, 0.25) is 0 Å². The van der Waals surface area contributed by atoms with E-state index in [1.165, 1.54) is 12.1 Å². The molecule has 0 aliphatic carbocycles. The first-order chi connectivity index (χ1) is 13.1. The number of nitrogens with zero attached hydrogens (tertiary/aromatic N) is 5. The van der Waals surface area contributed by atoms with E-state index in [0.717, 1.165) is 37.2 Å². The average Bonchev–Trinajstić information content (AvgIpc) is 3.16. The number of benzene rings is 1. The normalized spacial score (nSPS) is 16.0. The number of hydrogen-bond acceptors (Lipinski definition) is 6. The highest BCUT2D eigenvalue weighted by Crippen LogP contribution is 2.28. The summed E-state index contributed by atoms with van der Waals surface area (Å²) < 4.78 is 31.7. The Morgan fingerprint density at radius 3 is 2.63 bits per heavy atom. The van der Waals surface area contributed by atoms with Crippen molar-refractivity contribution in [1.29, 1.82) is 0 Å². The van der Waals surface area contributed by atoms with Gasteiger partial charge in [0.1, 0.15) is 5.69 Å². The quantitative estimate of drug-likeness (QED) is 0.699. The van der Waals surface area contributed by atoms with Crippen LogP contribution in [-0.2, 0) is 6.54 Å². The van der Waals surface area contributed by atoms with Crippen LogP contribution in [0.4, 0.5) is 8.78 Å². The van der Waals surface area contributed by atoms with Crippen molar-refractivity contribution in [1.82, 2.24) is 25.0 Å². The van der Waals surface area contributed by atoms with Crippen molar-refractivity contribution >= 4 is 0 Å². The van der Waals surface area contributed by atoms with Crippen molar-refractivity contribution in [3.05, 3.63) is 59.3 Å². The molecule has 6 nitrogen and oxygen atoms in total. The predicted octanol–water partition coefficient (Wildman–Crippen LogP) is 3.49. The summed E-state index contributed by atoms with van der Waals surface area (Å²) in [5.74, 6) is -0.353. The van der Waals surface area contributed by atoms with Gasteiger partial charge in [-0.3, -0.25) is 9.88 Å². The number of aryl methyl sites for hydroxylation is 1. The fraction of sp³-hybridized carbons (Fsp3) is 0.368. The van der Waals surface area contributed by atoms with Crippen LogP contribution in [0.2, 0.25) is 0 Å². The lowest BCUT2D eigenvalue weighted by Crippen LogP contribution is -2.32. The zero-order valence-electron chi connectivity index (χ0n) is 14.9. The van der Waals surface area contributed by atoms with E-state index >= 15 is 0 Å². The highest BCUT2D eigenvalue weighted by molar-refractivity contribution is 5.44. The van der Waals surface area contributed by atoms with Crippen LogP contribution in [0.1, 0.15) is 35.8 Å². The smallest absolute Gasteiger partial charge is 0.278 e. The molecule has 0 amide bonds. The first kappa shape index (κ1) is 17.7. The highest BCUT2D eigenvalue weighted by atomic mass is 19.2. The van der Waals surface area contributed by atoms with Crippen molar-refractivity contribution in [3.63, 3.8) is 0 Å². The summed E-state index contributed by atoms with van der Waals surface area (Å²) in [5.41, 5.74) is 2.16. The SMILES string of the molecule is Cc1cnc(-c2nc(C3CCN(Cc4ccc(F)c(F)c4)CC3)no2)cn1. The number of likely N-dealkylation sites (tertiary alicyclic amines) is 1. The third kappa shape index (κ3) is 4.00. The first-order valence-corrected chi connectivity index (χ1v) is 8.87. The van der Waals surface area contributed by atoms with Crippen LogP contribution in [0.15, 0.2) is 35.1 Å². The zero-order valence-corrected chi connectivity index (χ0v) is 14.9. The minimum Gasteiger partial charge on any atom is -0.332 e. The van der Waals surface area contributed by atoms with Crippen LogP contribution in [0.5, 0.6) is 0 Å². The van der Waals surface area contributed by atoms with Crippen LogP contribution in [0.25, 0.3) is 11.6 Å². The Morgan fingerprint density at radius 2 is 1.93 bits per heavy atom. The molecule has 0 spiro atoms. The van der Waals surface area contributed by atoms with Crippen molar-refractivity contribution in [2.24, 2.45) is 0 Å². The van der Waals surface area contributed by atoms with E-state index in [0.29, 0.717) is 24.0 Å². The fourth-order valence-electron chi connectivity index (χ4n) is 3.25. The fourth-order valence-corrected chi connectivity index (χ4v) is 3.25. The molecule has 1 fully saturated rings. The molecule has 0 bridgehead atoms. The van der Waals surface area contributed by atoms with Crippen molar-refractivity contribution in [2.45, 2.75) is 32.2 Å². The summed E-state index contributed by atoms with van der Waals surface area (Å²) in [6.45, 7) is 4.13. The molecule has 1 aliphatic rings. The standard InChI is InChI=1S/C19H19F2N5O/c1-12-9-23-17(10-22-12)19-24-18(25-27-19)14-4-6-26(7-5-14)11-13-2-3-15(20)16(21)8-13/h2-3,8-10,14H,4-7,11H2,1H3. The predicted molar refractivity (Wildman–Crippen MR) is 93.7 cm³/mol. The lowest BCUT2D eigenvalue weighted by Gasteiger charge is -2.30. The molecule has 0 radical (unpaired) electrons. The molecule has 1 saturated heterocycles. The van der Waals surface area contributed by atoms with E-state index in [1.807, 2.05) is 6.92 Å². The number of halogens is 2. The molecule has 3 aromatic rings. The molecule has 8 heteroatoms. The molecular formula is C19H19F2N5O. The molecular weight excluding hydrogens is 352 g/mol. The minimum atomic E-state index is -0.816. The van der Waals surface area contributed by atoms with Crippen LogP contribution in [0.3, 0.4) is 0 Å². The van der Waals surface area contributed by atoms with Gasteiger partial charge >= 0.3 is 0 Å². The summed E-state index contributed by atoms with van der Waals surface area (Å²) in [5, 5.41) is 4.11. The average molecular weight is 371 g/mol. The van der Waals surface area contributed by atoms with Gasteiger partial charge in [-0.1, -0.05) is 11.2 Å². The summed E-state index contributed by atoms with van der Waals surface area (Å²) >= 11 is 0. The van der Waals surface area contributed by atoms with E-state index in [2.05, 4.69) is 25.0 Å². The number of hydrogen-bond donors (Lipinski definition) is 0. The van der Waals surface area contributed by atoms with E-state index in [1.54, 1.807) is 18.5 Å². The van der Waals surface area contributed by atoms with Crippen molar-refractivity contribution in [2.75, 3.05) is 13.1 Å². The molecule has 2 aromatic heterocycles. The monoisotopic (exact) mass is 371 g/mol. The van der Waals surface area contributed by atoms with E-state index in [9.17, 15) is 8.78 Å². The van der Waals surface area contributed by atoms with Gasteiger partial charge in [0.05, 0.1) is 11.9 Å². The van der Waals surface area contributed by atoms with Gasteiger partial charge in [-0.2, -0.15) is 4.98 Å². The van der Waals surface area contributed by atoms with Gasteiger partial charge in [0.25, 0.3) is 5.89 Å². The maximum Gasteiger partial charge on any atom is 0.278 e. The Morgan fingerprint density at radius 1 is 1.11 bits per heavy atom. The summed E-state index contributed by atoms with van der Waals surface area (Å²) in [7, 11) is 0. The summed E-state index contributed by atoms with van der Waals surface area (Å²) in [6.07, 6.45) is 5.04. The Hall–Kier alpha value is -2.74. The minimum absolute atomic E-state index is 0.210. The first-order valence-electron chi connectivity index (χ1n) is 8.87. The number of aromatic nitrogens is 4. The molecule has 0 saturated carbocycles. The third-order valence-corrected chi connectivity index (χ3v) is 4.78. The maximum absolute atomic E-state index is 13.4. The maximum atomic E-state index is 13.4. The molecule has 1 aromatic carbocycles. The van der Waals surface area contributed by atoms with Gasteiger partial charge in [0.15, 0.2) is 17.5 Å². The Labute approximate surface area is 155 Å². The van der Waals surface area contributed by atoms with Crippen LogP contribution >= 0.6 is 0 Å². The molecule has 1 aliphatic heterocycles. The van der Waals surface area contributed by atoms with E-state index in [4.69, 9.17) is 4.52 Å². The Bertz CT molecular complexity index is 920. The lowest BCUT2D eigenvalue weighted by molar-refractivity contribution is 0.200.